The van der Waals surface area contributed by atoms with E-state index in [4.69, 9.17) is 14.4 Å². The molecule has 0 fully saturated rings. The van der Waals surface area contributed by atoms with Crippen molar-refractivity contribution in [2.24, 2.45) is 4.66 Å². The molecule has 3 nitrogen and oxygen atoms in total. The van der Waals surface area contributed by atoms with Crippen molar-refractivity contribution < 1.29 is 23.6 Å². The van der Waals surface area contributed by atoms with E-state index < -0.39 is 16.5 Å². The molecule has 1 aromatic rings. The molecule has 0 saturated carbocycles. The Labute approximate surface area is 137 Å². The minimum Gasteiger partial charge on any atom is -0.497 e. The molecule has 0 bridgehead atoms. The predicted molar refractivity (Wildman–Crippen MR) is 89.6 cm³/mol. The van der Waals surface area contributed by atoms with E-state index in [0.29, 0.717) is 0 Å². The fraction of sp³-hybridized carbons (Fsp3) is 0.500. The number of rotatable bonds is 4. The molecule has 106 valence electrons. The van der Waals surface area contributed by atoms with Gasteiger partial charge in [-0.15, -0.1) is 0 Å². The van der Waals surface area contributed by atoms with Crippen LogP contribution in [0.3, 0.4) is 0 Å². The number of hydrogen-bond donors (Lipinski definition) is 0. The second kappa shape index (κ2) is 7.51. The van der Waals surface area contributed by atoms with Crippen molar-refractivity contribution in [1.82, 2.24) is 0 Å². The maximum Gasteiger partial charge on any atom is 1.00 e. The molecule has 6 heteroatoms. The van der Waals surface area contributed by atoms with Gasteiger partial charge in [-0.05, 0) is 17.7 Å². The predicted octanol–water partition coefficient (Wildman–Crippen LogP) is 1.49. The standard InChI is InChI=1S/C14H25N2OSi2.Li/c1-17-13-10-8-12(9-11-13)14(15-18(2,3)4)16-19(5,6)7;/h8-11H,1-7H3;/q-1;+1. The zero-order valence-electron chi connectivity index (χ0n) is 14.1. The second-order valence-electron chi connectivity index (χ2n) is 6.62. The van der Waals surface area contributed by atoms with Crippen LogP contribution in [0, 0.1) is 0 Å². The molecule has 20 heavy (non-hydrogen) atoms. The van der Waals surface area contributed by atoms with Crippen LogP contribution in [0.5, 0.6) is 5.75 Å². The van der Waals surface area contributed by atoms with E-state index in [1.54, 1.807) is 7.11 Å². The Kier molecular flexibility index (Phi) is 7.33. The van der Waals surface area contributed by atoms with Crippen LogP contribution in [0.1, 0.15) is 5.56 Å². The Hall–Kier alpha value is -0.479. The topological polar surface area (TPSA) is 35.7 Å². The molecule has 1 rings (SSSR count). The minimum absolute atomic E-state index is 0. The van der Waals surface area contributed by atoms with Crippen LogP contribution in [0.25, 0.3) is 4.98 Å². The third-order valence-electron chi connectivity index (χ3n) is 2.23. The van der Waals surface area contributed by atoms with Gasteiger partial charge in [-0.3, -0.25) is 0 Å². The van der Waals surface area contributed by atoms with Gasteiger partial charge in [0.2, 0.25) is 0 Å². The van der Waals surface area contributed by atoms with E-state index in [-0.39, 0.29) is 18.9 Å². The molecule has 0 aliphatic carbocycles. The van der Waals surface area contributed by atoms with Gasteiger partial charge in [0.25, 0.3) is 0 Å². The summed E-state index contributed by atoms with van der Waals surface area (Å²) >= 11 is 0. The van der Waals surface area contributed by atoms with Gasteiger partial charge in [0.15, 0.2) is 0 Å². The van der Waals surface area contributed by atoms with E-state index in [1.807, 2.05) is 24.3 Å². The minimum atomic E-state index is -1.54. The maximum atomic E-state index is 5.20. The number of benzene rings is 1. The first kappa shape index (κ1) is 19.5. The molecular formula is C14H25LiN2OSi2. The van der Waals surface area contributed by atoms with Crippen molar-refractivity contribution >= 4 is 22.3 Å². The number of hydrogen-bond acceptors (Lipinski definition) is 2. The van der Waals surface area contributed by atoms with Gasteiger partial charge in [0, 0.05) is 16.5 Å². The largest absolute Gasteiger partial charge is 1.00 e. The fourth-order valence-electron chi connectivity index (χ4n) is 1.53. The molecule has 0 radical (unpaired) electrons. The van der Waals surface area contributed by atoms with Gasteiger partial charge in [-0.2, -0.15) is 0 Å². The van der Waals surface area contributed by atoms with E-state index in [9.17, 15) is 0 Å². The van der Waals surface area contributed by atoms with Crippen LogP contribution in [-0.4, -0.2) is 29.4 Å². The molecule has 0 aliphatic rings. The number of amidine groups is 1. The fourth-order valence-corrected chi connectivity index (χ4v) is 3.26. The summed E-state index contributed by atoms with van der Waals surface area (Å²) in [6, 6.07) is 8.02. The summed E-state index contributed by atoms with van der Waals surface area (Å²) in [6.45, 7) is 13.4. The molecule has 0 atom stereocenters. The third kappa shape index (κ3) is 7.34. The second-order valence-corrected chi connectivity index (χ2v) is 15.7. The molecule has 0 heterocycles. The quantitative estimate of drug-likeness (QED) is 0.471. The summed E-state index contributed by atoms with van der Waals surface area (Å²) in [5, 5.41) is 0. The number of nitrogens with zero attached hydrogens (tertiary/aromatic N) is 2. The van der Waals surface area contributed by atoms with Gasteiger partial charge >= 0.3 is 18.9 Å². The third-order valence-corrected chi connectivity index (χ3v) is 4.00. The van der Waals surface area contributed by atoms with Crippen LogP contribution in [0.15, 0.2) is 28.9 Å². The first-order chi connectivity index (χ1) is 8.61. The maximum absolute atomic E-state index is 5.20. The Bertz CT molecular complexity index is 448. The van der Waals surface area contributed by atoms with Gasteiger partial charge in [-0.1, -0.05) is 57.3 Å². The Morgan fingerprint density at radius 1 is 1.00 bits per heavy atom. The Balaban J connectivity index is 0.00000361. The summed E-state index contributed by atoms with van der Waals surface area (Å²) in [5.41, 5.74) is 1.09. The first-order valence-electron chi connectivity index (χ1n) is 6.58. The van der Waals surface area contributed by atoms with Crippen LogP contribution >= 0.6 is 0 Å². The van der Waals surface area contributed by atoms with Gasteiger partial charge < -0.3 is 14.4 Å². The smallest absolute Gasteiger partial charge is 0.497 e. The summed E-state index contributed by atoms with van der Waals surface area (Å²) in [6.07, 6.45) is 0. The molecule has 0 aliphatic heterocycles. The van der Waals surface area contributed by atoms with Gasteiger partial charge in [0.05, 0.1) is 7.11 Å². The molecule has 0 unspecified atom stereocenters. The van der Waals surface area contributed by atoms with E-state index in [1.165, 1.54) is 0 Å². The van der Waals surface area contributed by atoms with Crippen molar-refractivity contribution in [3.05, 3.63) is 34.8 Å². The Morgan fingerprint density at radius 2 is 1.50 bits per heavy atom. The summed E-state index contributed by atoms with van der Waals surface area (Å²) < 4.78 is 10.1. The van der Waals surface area contributed by atoms with Gasteiger partial charge in [0.1, 0.15) is 5.75 Å². The van der Waals surface area contributed by atoms with E-state index in [2.05, 4.69) is 39.3 Å². The molecule has 0 saturated heterocycles. The molecule has 0 N–H and O–H groups in total. The Morgan fingerprint density at radius 3 is 1.85 bits per heavy atom. The van der Waals surface area contributed by atoms with Crippen molar-refractivity contribution in [3.63, 3.8) is 0 Å². The van der Waals surface area contributed by atoms with Crippen LogP contribution < -0.4 is 23.6 Å². The van der Waals surface area contributed by atoms with Crippen molar-refractivity contribution in [3.8, 4) is 5.75 Å². The van der Waals surface area contributed by atoms with E-state index in [0.717, 1.165) is 17.1 Å². The SMILES string of the molecule is COc1ccc(/C(=N/[Si](C)(C)C)[N-][Si](C)(C)C)cc1.[Li+]. The zero-order chi connectivity index (χ0) is 14.7. The van der Waals surface area contributed by atoms with Crippen molar-refractivity contribution in [1.29, 1.82) is 0 Å². The first-order valence-corrected chi connectivity index (χ1v) is 13.5. The molecular weight excluding hydrogens is 275 g/mol. The van der Waals surface area contributed by atoms with Gasteiger partial charge in [-0.25, -0.2) is 0 Å². The molecule has 0 amide bonds. The van der Waals surface area contributed by atoms with Crippen LogP contribution in [0.4, 0.5) is 0 Å². The van der Waals surface area contributed by atoms with Crippen LogP contribution in [-0.2, 0) is 0 Å². The van der Waals surface area contributed by atoms with Crippen molar-refractivity contribution in [2.45, 2.75) is 39.3 Å². The number of methoxy groups -OCH3 is 1. The van der Waals surface area contributed by atoms with E-state index >= 15 is 0 Å². The molecule has 0 aromatic heterocycles. The number of ether oxygens (including phenoxy) is 1. The van der Waals surface area contributed by atoms with Crippen molar-refractivity contribution in [2.75, 3.05) is 7.11 Å². The average Bonchev–Trinajstić information content (AvgIpc) is 2.24. The monoisotopic (exact) mass is 300 g/mol. The average molecular weight is 300 g/mol. The summed E-state index contributed by atoms with van der Waals surface area (Å²) in [7, 11) is -1.40. The molecule has 1 aromatic carbocycles. The van der Waals surface area contributed by atoms with Crippen LogP contribution in [0.2, 0.25) is 39.3 Å². The molecule has 0 spiro atoms. The normalized spacial score (nSPS) is 12.7. The summed E-state index contributed by atoms with van der Waals surface area (Å²) in [5.74, 6) is 1.78. The zero-order valence-corrected chi connectivity index (χ0v) is 16.1. The summed E-state index contributed by atoms with van der Waals surface area (Å²) in [4.78, 5) is 4.90.